The molecule has 0 bridgehead atoms. The fourth-order valence-electron chi connectivity index (χ4n) is 2.74. The monoisotopic (exact) mass is 315 g/mol. The lowest BCUT2D eigenvalue weighted by molar-refractivity contribution is -0.117. The summed E-state index contributed by atoms with van der Waals surface area (Å²) in [5.74, 6) is 0.293. The molecular weight excluding hydrogens is 298 g/mol. The van der Waals surface area contributed by atoms with Crippen molar-refractivity contribution in [3.8, 4) is 0 Å². The first-order chi connectivity index (χ1) is 10.7. The Balaban J connectivity index is 1.64. The third-order valence-electron chi connectivity index (χ3n) is 3.94. The highest BCUT2D eigenvalue weighted by Gasteiger charge is 2.44. The van der Waals surface area contributed by atoms with E-state index in [0.717, 1.165) is 28.3 Å². The molecule has 2 aromatic rings. The summed E-state index contributed by atoms with van der Waals surface area (Å²) >= 11 is 6.20. The van der Waals surface area contributed by atoms with Crippen LogP contribution in [0.5, 0.6) is 0 Å². The Morgan fingerprint density at radius 1 is 1.27 bits per heavy atom. The van der Waals surface area contributed by atoms with Crippen LogP contribution in [0.3, 0.4) is 0 Å². The van der Waals surface area contributed by atoms with Gasteiger partial charge in [0.25, 0.3) is 0 Å². The maximum absolute atomic E-state index is 12.4. The van der Waals surface area contributed by atoms with Crippen molar-refractivity contribution in [2.45, 2.75) is 18.9 Å². The van der Waals surface area contributed by atoms with Gasteiger partial charge >= 0.3 is 0 Å². The second kappa shape index (κ2) is 6.51. The van der Waals surface area contributed by atoms with Crippen LogP contribution in [0.2, 0.25) is 5.02 Å². The van der Waals surface area contributed by atoms with Crippen LogP contribution in [0.15, 0.2) is 48.5 Å². The van der Waals surface area contributed by atoms with E-state index in [4.69, 9.17) is 16.3 Å². The van der Waals surface area contributed by atoms with Crippen LogP contribution >= 0.6 is 11.6 Å². The van der Waals surface area contributed by atoms with E-state index in [-0.39, 0.29) is 17.7 Å². The van der Waals surface area contributed by atoms with E-state index in [1.807, 2.05) is 48.5 Å². The van der Waals surface area contributed by atoms with Gasteiger partial charge in [-0.15, -0.1) is 0 Å². The maximum atomic E-state index is 12.4. The number of methoxy groups -OCH3 is 1. The van der Waals surface area contributed by atoms with Gasteiger partial charge in [-0.3, -0.25) is 4.79 Å². The van der Waals surface area contributed by atoms with E-state index in [9.17, 15) is 4.79 Å². The zero-order valence-corrected chi connectivity index (χ0v) is 13.1. The average Bonchev–Trinajstić information content (AvgIpc) is 3.29. The first-order valence-corrected chi connectivity index (χ1v) is 7.70. The smallest absolute Gasteiger partial charge is 0.228 e. The van der Waals surface area contributed by atoms with Crippen molar-refractivity contribution in [1.29, 1.82) is 0 Å². The number of rotatable bonds is 5. The molecule has 22 heavy (non-hydrogen) atoms. The standard InChI is InChI=1S/C18H18ClNO2/c1-22-11-12-5-4-6-13(9-12)20-18(21)16-10-15(16)14-7-2-3-8-17(14)19/h2-9,15-16H,10-11H2,1H3,(H,20,21). The largest absolute Gasteiger partial charge is 0.380 e. The first kappa shape index (κ1) is 15.1. The van der Waals surface area contributed by atoms with Gasteiger partial charge in [-0.2, -0.15) is 0 Å². The summed E-state index contributed by atoms with van der Waals surface area (Å²) in [6.45, 7) is 0.537. The van der Waals surface area contributed by atoms with Crippen LogP contribution in [-0.2, 0) is 16.1 Å². The Morgan fingerprint density at radius 2 is 2.09 bits per heavy atom. The van der Waals surface area contributed by atoms with Crippen LogP contribution in [0.4, 0.5) is 5.69 Å². The predicted molar refractivity (Wildman–Crippen MR) is 88.1 cm³/mol. The highest BCUT2D eigenvalue weighted by molar-refractivity contribution is 6.31. The molecule has 3 rings (SSSR count). The van der Waals surface area contributed by atoms with Gasteiger partial charge in [0.2, 0.25) is 5.91 Å². The van der Waals surface area contributed by atoms with Crippen molar-refractivity contribution in [3.05, 3.63) is 64.7 Å². The number of hydrogen-bond donors (Lipinski definition) is 1. The average molecular weight is 316 g/mol. The molecule has 2 aromatic carbocycles. The molecule has 1 saturated carbocycles. The lowest BCUT2D eigenvalue weighted by atomic mass is 10.1. The Hall–Kier alpha value is -1.84. The molecule has 1 amide bonds. The number of ether oxygens (including phenoxy) is 1. The topological polar surface area (TPSA) is 38.3 Å². The van der Waals surface area contributed by atoms with E-state index in [0.29, 0.717) is 6.61 Å². The van der Waals surface area contributed by atoms with Crippen LogP contribution in [0.25, 0.3) is 0 Å². The number of benzene rings is 2. The van der Waals surface area contributed by atoms with E-state index < -0.39 is 0 Å². The fourth-order valence-corrected chi connectivity index (χ4v) is 3.02. The zero-order valence-electron chi connectivity index (χ0n) is 12.4. The summed E-state index contributed by atoms with van der Waals surface area (Å²) in [6, 6.07) is 15.5. The molecule has 1 aliphatic carbocycles. The van der Waals surface area contributed by atoms with Gasteiger partial charge < -0.3 is 10.1 Å². The molecule has 0 aliphatic heterocycles. The number of carbonyl (C=O) groups is 1. The van der Waals surface area contributed by atoms with Gasteiger partial charge in [0.05, 0.1) is 6.61 Å². The van der Waals surface area contributed by atoms with Crippen molar-refractivity contribution >= 4 is 23.2 Å². The van der Waals surface area contributed by atoms with Crippen molar-refractivity contribution in [3.63, 3.8) is 0 Å². The molecule has 114 valence electrons. The summed E-state index contributed by atoms with van der Waals surface area (Å²) in [5, 5.41) is 3.72. The third kappa shape index (κ3) is 3.32. The molecule has 1 aliphatic rings. The minimum Gasteiger partial charge on any atom is -0.380 e. The lowest BCUT2D eigenvalue weighted by Crippen LogP contribution is -2.14. The Morgan fingerprint density at radius 3 is 2.86 bits per heavy atom. The molecule has 3 nitrogen and oxygen atoms in total. The number of hydrogen-bond acceptors (Lipinski definition) is 2. The van der Waals surface area contributed by atoms with Crippen LogP contribution in [-0.4, -0.2) is 13.0 Å². The van der Waals surface area contributed by atoms with Gasteiger partial charge in [0.1, 0.15) is 0 Å². The highest BCUT2D eigenvalue weighted by Crippen LogP contribution is 2.49. The molecule has 1 N–H and O–H groups in total. The third-order valence-corrected chi connectivity index (χ3v) is 4.28. The quantitative estimate of drug-likeness (QED) is 0.896. The predicted octanol–water partition coefficient (Wildman–Crippen LogP) is 4.23. The second-order valence-corrected chi connectivity index (χ2v) is 6.00. The Bertz CT molecular complexity index is 686. The van der Waals surface area contributed by atoms with Gasteiger partial charge in [-0.05, 0) is 41.7 Å². The van der Waals surface area contributed by atoms with Crippen molar-refractivity contribution < 1.29 is 9.53 Å². The van der Waals surface area contributed by atoms with Crippen LogP contribution in [0, 0.1) is 5.92 Å². The van der Waals surface area contributed by atoms with Gasteiger partial charge in [-0.1, -0.05) is 41.9 Å². The summed E-state index contributed by atoms with van der Waals surface area (Å²) in [5.41, 5.74) is 2.92. The fraction of sp³-hybridized carbons (Fsp3) is 0.278. The van der Waals surface area contributed by atoms with E-state index in [1.54, 1.807) is 7.11 Å². The normalized spacial score (nSPS) is 19.7. The Labute approximate surface area is 135 Å². The number of amides is 1. The van der Waals surface area contributed by atoms with Crippen LogP contribution in [0.1, 0.15) is 23.5 Å². The summed E-state index contributed by atoms with van der Waals surface area (Å²) in [6.07, 6.45) is 0.854. The van der Waals surface area contributed by atoms with Crippen molar-refractivity contribution in [2.75, 3.05) is 12.4 Å². The number of nitrogens with one attached hydrogen (secondary N) is 1. The second-order valence-electron chi connectivity index (χ2n) is 5.59. The molecule has 0 radical (unpaired) electrons. The molecule has 2 atom stereocenters. The maximum Gasteiger partial charge on any atom is 0.228 e. The van der Waals surface area contributed by atoms with Gasteiger partial charge in [0, 0.05) is 23.7 Å². The van der Waals surface area contributed by atoms with Crippen molar-refractivity contribution in [2.24, 2.45) is 5.92 Å². The van der Waals surface area contributed by atoms with Crippen molar-refractivity contribution in [1.82, 2.24) is 0 Å². The molecule has 2 unspecified atom stereocenters. The number of halogens is 1. The Kier molecular flexibility index (Phi) is 4.46. The van der Waals surface area contributed by atoms with E-state index in [2.05, 4.69) is 5.32 Å². The van der Waals surface area contributed by atoms with E-state index >= 15 is 0 Å². The number of carbonyl (C=O) groups excluding carboxylic acids is 1. The van der Waals surface area contributed by atoms with Gasteiger partial charge in [-0.25, -0.2) is 0 Å². The lowest BCUT2D eigenvalue weighted by Gasteiger charge is -2.07. The SMILES string of the molecule is COCc1cccc(NC(=O)C2CC2c2ccccc2Cl)c1. The molecule has 0 spiro atoms. The molecule has 0 heterocycles. The zero-order chi connectivity index (χ0) is 15.5. The van der Waals surface area contributed by atoms with Gasteiger partial charge in [0.15, 0.2) is 0 Å². The molecule has 1 fully saturated rings. The molecular formula is C18H18ClNO2. The van der Waals surface area contributed by atoms with Crippen LogP contribution < -0.4 is 5.32 Å². The van der Waals surface area contributed by atoms with E-state index in [1.165, 1.54) is 0 Å². The molecule has 0 saturated heterocycles. The molecule has 4 heteroatoms. The minimum atomic E-state index is 0.00554. The summed E-state index contributed by atoms with van der Waals surface area (Å²) in [7, 11) is 1.66. The summed E-state index contributed by atoms with van der Waals surface area (Å²) < 4.78 is 5.11. The first-order valence-electron chi connectivity index (χ1n) is 7.32. The molecule has 0 aromatic heterocycles. The summed E-state index contributed by atoms with van der Waals surface area (Å²) in [4.78, 5) is 12.4. The number of anilines is 1. The minimum absolute atomic E-state index is 0.00554. The highest BCUT2D eigenvalue weighted by atomic mass is 35.5.